The van der Waals surface area contributed by atoms with E-state index in [4.69, 9.17) is 9.47 Å². The first-order chi connectivity index (χ1) is 6.20. The zero-order chi connectivity index (χ0) is 10.1. The van der Waals surface area contributed by atoms with Crippen LogP contribution in [0.3, 0.4) is 0 Å². The van der Waals surface area contributed by atoms with Crippen LogP contribution in [0.2, 0.25) is 0 Å². The van der Waals surface area contributed by atoms with Gasteiger partial charge in [-0.05, 0) is 19.8 Å². The van der Waals surface area contributed by atoms with Crippen molar-refractivity contribution in [3.8, 4) is 0 Å². The number of hydrogen-bond donors (Lipinski definition) is 0. The molecule has 0 saturated heterocycles. The van der Waals surface area contributed by atoms with E-state index in [1.165, 1.54) is 0 Å². The summed E-state index contributed by atoms with van der Waals surface area (Å²) in [6.45, 7) is 4.91. The third-order valence-electron chi connectivity index (χ3n) is 1.84. The number of ether oxygens (including phenoxy) is 2. The molecule has 0 rings (SSSR count). The van der Waals surface area contributed by atoms with Gasteiger partial charge in [0.1, 0.15) is 6.61 Å². The van der Waals surface area contributed by atoms with Gasteiger partial charge < -0.3 is 9.47 Å². The quantitative estimate of drug-likeness (QED) is 0.545. The summed E-state index contributed by atoms with van der Waals surface area (Å²) in [4.78, 5) is 11.2. The topological polar surface area (TPSA) is 35.5 Å². The molecule has 1 unspecified atom stereocenters. The highest BCUT2D eigenvalue weighted by Crippen LogP contribution is 2.00. The summed E-state index contributed by atoms with van der Waals surface area (Å²) >= 11 is 0. The summed E-state index contributed by atoms with van der Waals surface area (Å²) in [6.07, 6.45) is 2.46. The SMILES string of the molecule is CCCOCC(=O)CCC(C)OC. The molecule has 0 saturated carbocycles. The minimum atomic E-state index is 0.162. The monoisotopic (exact) mass is 188 g/mol. The Balaban J connectivity index is 3.30. The van der Waals surface area contributed by atoms with Crippen molar-refractivity contribution in [2.24, 2.45) is 0 Å². The highest BCUT2D eigenvalue weighted by molar-refractivity contribution is 5.79. The van der Waals surface area contributed by atoms with Gasteiger partial charge in [0.25, 0.3) is 0 Å². The Labute approximate surface area is 80.4 Å². The first-order valence-corrected chi connectivity index (χ1v) is 4.83. The summed E-state index contributed by atoms with van der Waals surface area (Å²) in [6, 6.07) is 0. The average Bonchev–Trinajstić information content (AvgIpc) is 2.14. The summed E-state index contributed by atoms with van der Waals surface area (Å²) < 4.78 is 10.2. The molecule has 0 radical (unpaired) electrons. The molecule has 3 nitrogen and oxygen atoms in total. The Morgan fingerprint density at radius 2 is 2.15 bits per heavy atom. The molecule has 0 aliphatic heterocycles. The van der Waals surface area contributed by atoms with Crippen LogP contribution < -0.4 is 0 Å². The molecular formula is C10H20O3. The van der Waals surface area contributed by atoms with Crippen LogP contribution in [0, 0.1) is 0 Å². The Bertz CT molecular complexity index is 134. The minimum absolute atomic E-state index is 0.162. The van der Waals surface area contributed by atoms with E-state index in [1.807, 2.05) is 13.8 Å². The summed E-state index contributed by atoms with van der Waals surface area (Å²) in [5, 5.41) is 0. The number of hydrogen-bond acceptors (Lipinski definition) is 3. The molecule has 1 atom stereocenters. The number of rotatable bonds is 8. The highest BCUT2D eigenvalue weighted by Gasteiger charge is 2.05. The molecule has 0 aromatic carbocycles. The van der Waals surface area contributed by atoms with Crippen molar-refractivity contribution in [3.05, 3.63) is 0 Å². The van der Waals surface area contributed by atoms with Gasteiger partial charge in [0, 0.05) is 20.1 Å². The van der Waals surface area contributed by atoms with E-state index < -0.39 is 0 Å². The number of carbonyl (C=O) groups is 1. The van der Waals surface area contributed by atoms with Crippen LogP contribution in [-0.2, 0) is 14.3 Å². The van der Waals surface area contributed by atoms with Gasteiger partial charge in [-0.2, -0.15) is 0 Å². The van der Waals surface area contributed by atoms with Crippen molar-refractivity contribution in [2.45, 2.75) is 39.2 Å². The van der Waals surface area contributed by atoms with Gasteiger partial charge in [-0.25, -0.2) is 0 Å². The second kappa shape index (κ2) is 8.20. The third kappa shape index (κ3) is 7.94. The fourth-order valence-corrected chi connectivity index (χ4v) is 0.885. The summed E-state index contributed by atoms with van der Waals surface area (Å²) in [7, 11) is 1.66. The summed E-state index contributed by atoms with van der Waals surface area (Å²) in [5.41, 5.74) is 0. The van der Waals surface area contributed by atoms with Crippen LogP contribution in [0.25, 0.3) is 0 Å². The van der Waals surface area contributed by atoms with Crippen molar-refractivity contribution in [1.29, 1.82) is 0 Å². The molecule has 0 spiro atoms. The van der Waals surface area contributed by atoms with Gasteiger partial charge in [-0.1, -0.05) is 6.92 Å². The Hall–Kier alpha value is -0.410. The molecule has 0 heterocycles. The Kier molecular flexibility index (Phi) is 7.94. The fourth-order valence-electron chi connectivity index (χ4n) is 0.885. The van der Waals surface area contributed by atoms with E-state index in [1.54, 1.807) is 7.11 Å². The van der Waals surface area contributed by atoms with E-state index in [0.29, 0.717) is 13.0 Å². The Morgan fingerprint density at radius 3 is 2.69 bits per heavy atom. The number of ketones is 1. The van der Waals surface area contributed by atoms with Gasteiger partial charge in [-0.15, -0.1) is 0 Å². The molecule has 0 aromatic rings. The van der Waals surface area contributed by atoms with E-state index >= 15 is 0 Å². The van der Waals surface area contributed by atoms with Crippen LogP contribution in [0.15, 0.2) is 0 Å². The highest BCUT2D eigenvalue weighted by atomic mass is 16.5. The van der Waals surface area contributed by atoms with Gasteiger partial charge in [0.05, 0.1) is 6.10 Å². The average molecular weight is 188 g/mol. The van der Waals surface area contributed by atoms with Crippen molar-refractivity contribution >= 4 is 5.78 Å². The second-order valence-electron chi connectivity index (χ2n) is 3.18. The molecule has 0 N–H and O–H groups in total. The standard InChI is InChI=1S/C10H20O3/c1-4-7-13-8-10(11)6-5-9(2)12-3/h9H,4-8H2,1-3H3. The lowest BCUT2D eigenvalue weighted by Crippen LogP contribution is -2.13. The maximum absolute atomic E-state index is 11.2. The number of methoxy groups -OCH3 is 1. The maximum Gasteiger partial charge on any atom is 0.158 e. The molecule has 0 fully saturated rings. The zero-order valence-electron chi connectivity index (χ0n) is 8.84. The lowest BCUT2D eigenvalue weighted by molar-refractivity contribution is -0.124. The van der Waals surface area contributed by atoms with Gasteiger partial charge in [0.15, 0.2) is 5.78 Å². The van der Waals surface area contributed by atoms with Crippen LogP contribution in [-0.4, -0.2) is 32.2 Å². The van der Waals surface area contributed by atoms with Crippen molar-refractivity contribution < 1.29 is 14.3 Å². The first kappa shape index (κ1) is 12.6. The molecule has 3 heteroatoms. The molecule has 78 valence electrons. The predicted octanol–water partition coefficient (Wildman–Crippen LogP) is 1.80. The molecule has 0 aliphatic carbocycles. The second-order valence-corrected chi connectivity index (χ2v) is 3.18. The molecular weight excluding hydrogens is 168 g/mol. The predicted molar refractivity (Wildman–Crippen MR) is 51.8 cm³/mol. The van der Waals surface area contributed by atoms with Gasteiger partial charge >= 0.3 is 0 Å². The molecule has 0 bridgehead atoms. The zero-order valence-corrected chi connectivity index (χ0v) is 8.84. The smallest absolute Gasteiger partial charge is 0.158 e. The van der Waals surface area contributed by atoms with Crippen molar-refractivity contribution in [2.75, 3.05) is 20.3 Å². The normalized spacial score (nSPS) is 12.8. The van der Waals surface area contributed by atoms with Gasteiger partial charge in [0.2, 0.25) is 0 Å². The molecule has 0 amide bonds. The van der Waals surface area contributed by atoms with E-state index in [0.717, 1.165) is 12.8 Å². The molecule has 0 aromatic heterocycles. The number of carbonyl (C=O) groups excluding carboxylic acids is 1. The van der Waals surface area contributed by atoms with Crippen LogP contribution >= 0.6 is 0 Å². The van der Waals surface area contributed by atoms with Crippen LogP contribution in [0.5, 0.6) is 0 Å². The summed E-state index contributed by atoms with van der Waals surface area (Å²) in [5.74, 6) is 0.164. The van der Waals surface area contributed by atoms with Gasteiger partial charge in [-0.3, -0.25) is 4.79 Å². The largest absolute Gasteiger partial charge is 0.382 e. The minimum Gasteiger partial charge on any atom is -0.382 e. The molecule has 13 heavy (non-hydrogen) atoms. The first-order valence-electron chi connectivity index (χ1n) is 4.83. The fraction of sp³-hybridized carbons (Fsp3) is 0.900. The van der Waals surface area contributed by atoms with Crippen LogP contribution in [0.4, 0.5) is 0 Å². The molecule has 0 aliphatic rings. The van der Waals surface area contributed by atoms with Crippen molar-refractivity contribution in [1.82, 2.24) is 0 Å². The van der Waals surface area contributed by atoms with Crippen LogP contribution in [0.1, 0.15) is 33.1 Å². The Morgan fingerprint density at radius 1 is 1.46 bits per heavy atom. The lowest BCUT2D eigenvalue weighted by atomic mass is 10.1. The number of Topliss-reactive ketones (excluding diaryl/α,β-unsaturated/α-hetero) is 1. The lowest BCUT2D eigenvalue weighted by Gasteiger charge is -2.07. The third-order valence-corrected chi connectivity index (χ3v) is 1.84. The van der Waals surface area contributed by atoms with Crippen molar-refractivity contribution in [3.63, 3.8) is 0 Å². The van der Waals surface area contributed by atoms with E-state index in [9.17, 15) is 4.79 Å². The maximum atomic E-state index is 11.2. The van der Waals surface area contributed by atoms with E-state index in [2.05, 4.69) is 0 Å². The van der Waals surface area contributed by atoms with E-state index in [-0.39, 0.29) is 18.5 Å².